The van der Waals surface area contributed by atoms with Crippen LogP contribution in [0.2, 0.25) is 0 Å². The van der Waals surface area contributed by atoms with Gasteiger partial charge in [-0.15, -0.1) is 4.28 Å². The molecule has 2 aliphatic rings. The van der Waals surface area contributed by atoms with Crippen molar-refractivity contribution < 1.29 is 26.5 Å². The van der Waals surface area contributed by atoms with E-state index in [1.165, 1.54) is 17.5 Å². The molecule has 0 spiro atoms. The first-order chi connectivity index (χ1) is 8.94. The summed E-state index contributed by atoms with van der Waals surface area (Å²) in [7, 11) is -4.74. The van der Waals surface area contributed by atoms with Gasteiger partial charge in [-0.2, -0.15) is 13.5 Å². The van der Waals surface area contributed by atoms with Gasteiger partial charge in [0.15, 0.2) is 12.2 Å². The second-order valence-corrected chi connectivity index (χ2v) is 5.12. The Balaban J connectivity index is 1.90. The third-order valence-electron chi connectivity index (χ3n) is 2.85. The van der Waals surface area contributed by atoms with Gasteiger partial charge in [0.25, 0.3) is 0 Å². The number of urea groups is 1. The molecule has 2 amide bonds. The van der Waals surface area contributed by atoms with Crippen LogP contribution in [0.5, 0.6) is 0 Å². The summed E-state index contributed by atoms with van der Waals surface area (Å²) >= 11 is 0. The molecule has 0 aromatic carbocycles. The van der Waals surface area contributed by atoms with Gasteiger partial charge in [-0.3, -0.25) is 4.55 Å². The first-order valence-electron chi connectivity index (χ1n) is 5.29. The molecule has 0 radical (unpaired) electrons. The summed E-state index contributed by atoms with van der Waals surface area (Å²) in [5.74, 6) is 0.496. The molecule has 2 bridgehead atoms. The summed E-state index contributed by atoms with van der Waals surface area (Å²) in [4.78, 5) is 17.0. The number of carbonyl (C=O) groups is 1. The highest BCUT2D eigenvalue weighted by Crippen LogP contribution is 2.29. The number of rotatable bonds is 3. The van der Waals surface area contributed by atoms with E-state index in [4.69, 9.17) is 8.97 Å². The fraction of sp³-hybridized carbons (Fsp3) is 0.333. The lowest BCUT2D eigenvalue weighted by Crippen LogP contribution is -2.35. The normalized spacial score (nSPS) is 22.9. The van der Waals surface area contributed by atoms with Crippen LogP contribution in [0, 0.1) is 0 Å². The highest BCUT2D eigenvalue weighted by molar-refractivity contribution is 7.80. The number of oxazole rings is 1. The van der Waals surface area contributed by atoms with Crippen molar-refractivity contribution in [3.8, 4) is 0 Å². The molecular weight excluding hydrogens is 278 g/mol. The molecule has 1 aromatic rings. The quantitative estimate of drug-likeness (QED) is 0.773. The molecule has 3 rings (SSSR count). The van der Waals surface area contributed by atoms with E-state index in [0.29, 0.717) is 16.4 Å². The van der Waals surface area contributed by atoms with Crippen LogP contribution in [0.4, 0.5) is 4.79 Å². The van der Waals surface area contributed by atoms with E-state index >= 15 is 0 Å². The van der Waals surface area contributed by atoms with Crippen LogP contribution in [-0.2, 0) is 14.7 Å². The first kappa shape index (κ1) is 12.1. The Morgan fingerprint density at radius 1 is 1.53 bits per heavy atom. The predicted molar refractivity (Wildman–Crippen MR) is 59.7 cm³/mol. The SMILES string of the molecule is O=C1N2CC(c3cnco3)=CC(C2)N1OS(=O)(=O)O. The second-order valence-electron chi connectivity index (χ2n) is 4.12. The number of aromatic nitrogens is 1. The number of nitrogens with zero attached hydrogens (tertiary/aromatic N) is 3. The lowest BCUT2D eigenvalue weighted by Gasteiger charge is -2.19. The van der Waals surface area contributed by atoms with E-state index in [0.717, 1.165) is 0 Å². The molecule has 1 saturated heterocycles. The molecule has 2 aliphatic heterocycles. The lowest BCUT2D eigenvalue weighted by atomic mass is 10.1. The second kappa shape index (κ2) is 4.05. The topological polar surface area (TPSA) is 113 Å². The Hall–Kier alpha value is -1.91. The molecule has 10 heteroatoms. The monoisotopic (exact) mass is 287 g/mol. The largest absolute Gasteiger partial charge is 0.444 e. The van der Waals surface area contributed by atoms with Gasteiger partial charge in [-0.25, -0.2) is 9.78 Å². The predicted octanol–water partition coefficient (Wildman–Crippen LogP) is -0.0878. The molecule has 3 heterocycles. The smallest absolute Gasteiger partial charge is 0.418 e. The fourth-order valence-corrected chi connectivity index (χ4v) is 2.50. The Morgan fingerprint density at radius 2 is 2.32 bits per heavy atom. The van der Waals surface area contributed by atoms with E-state index in [1.54, 1.807) is 6.08 Å². The van der Waals surface area contributed by atoms with Crippen molar-refractivity contribution in [3.05, 3.63) is 24.4 Å². The van der Waals surface area contributed by atoms with Crippen molar-refractivity contribution in [2.45, 2.75) is 6.04 Å². The van der Waals surface area contributed by atoms with Gasteiger partial charge in [0.2, 0.25) is 0 Å². The zero-order valence-electron chi connectivity index (χ0n) is 9.46. The number of hydrogen-bond donors (Lipinski definition) is 1. The van der Waals surface area contributed by atoms with Gasteiger partial charge < -0.3 is 9.32 Å². The van der Waals surface area contributed by atoms with E-state index in [2.05, 4.69) is 9.27 Å². The van der Waals surface area contributed by atoms with Crippen molar-refractivity contribution in [1.82, 2.24) is 14.9 Å². The van der Waals surface area contributed by atoms with Crippen LogP contribution in [0.3, 0.4) is 0 Å². The van der Waals surface area contributed by atoms with Crippen LogP contribution in [0.1, 0.15) is 5.76 Å². The number of hydrogen-bond acceptors (Lipinski definition) is 6. The zero-order valence-corrected chi connectivity index (χ0v) is 10.3. The minimum absolute atomic E-state index is 0.260. The standard InChI is InChI=1S/C9H9N3O6S/c13-9-11-3-6(8-2-10-5-17-8)1-7(4-11)12(9)18-19(14,15)16/h1-2,5,7H,3-4H2,(H,14,15,16). The lowest BCUT2D eigenvalue weighted by molar-refractivity contribution is -0.0183. The molecule has 1 atom stereocenters. The summed E-state index contributed by atoms with van der Waals surface area (Å²) < 4.78 is 39.5. The van der Waals surface area contributed by atoms with Crippen LogP contribution in [0.15, 0.2) is 23.1 Å². The maximum Gasteiger partial charge on any atom is 0.418 e. The summed E-state index contributed by atoms with van der Waals surface area (Å²) in [6.07, 6.45) is 4.40. The van der Waals surface area contributed by atoms with E-state index < -0.39 is 22.5 Å². The van der Waals surface area contributed by atoms with E-state index in [-0.39, 0.29) is 13.1 Å². The van der Waals surface area contributed by atoms with Crippen molar-refractivity contribution >= 4 is 22.0 Å². The van der Waals surface area contributed by atoms with Gasteiger partial charge in [-0.1, -0.05) is 0 Å². The Kier molecular flexibility index (Phi) is 2.59. The molecule has 9 nitrogen and oxygen atoms in total. The van der Waals surface area contributed by atoms with Crippen molar-refractivity contribution in [2.24, 2.45) is 0 Å². The van der Waals surface area contributed by atoms with Gasteiger partial charge in [0.1, 0.15) is 0 Å². The third kappa shape index (κ3) is 2.20. The average molecular weight is 287 g/mol. The third-order valence-corrected chi connectivity index (χ3v) is 3.19. The van der Waals surface area contributed by atoms with Crippen LogP contribution >= 0.6 is 0 Å². The number of amides is 2. The summed E-state index contributed by atoms with van der Waals surface area (Å²) in [5.41, 5.74) is 0.698. The van der Waals surface area contributed by atoms with E-state index in [1.807, 2.05) is 0 Å². The molecule has 1 aromatic heterocycles. The van der Waals surface area contributed by atoms with Crippen molar-refractivity contribution in [1.29, 1.82) is 0 Å². The average Bonchev–Trinajstić information content (AvgIpc) is 2.92. The van der Waals surface area contributed by atoms with Gasteiger partial charge >= 0.3 is 16.4 Å². The fourth-order valence-electron chi connectivity index (χ4n) is 2.13. The molecule has 1 N–H and O–H groups in total. The Labute approximate surface area is 108 Å². The van der Waals surface area contributed by atoms with Crippen molar-refractivity contribution in [3.63, 3.8) is 0 Å². The maximum atomic E-state index is 11.9. The molecule has 102 valence electrons. The minimum atomic E-state index is -4.74. The van der Waals surface area contributed by atoms with Gasteiger partial charge in [-0.05, 0) is 6.08 Å². The highest BCUT2D eigenvalue weighted by atomic mass is 32.3. The summed E-state index contributed by atoms with van der Waals surface area (Å²) in [6.45, 7) is 0.544. The molecule has 0 saturated carbocycles. The van der Waals surface area contributed by atoms with Crippen LogP contribution in [0.25, 0.3) is 5.57 Å². The molecular formula is C9H9N3O6S. The molecule has 1 fully saturated rings. The minimum Gasteiger partial charge on any atom is -0.444 e. The number of fused-ring (bicyclic) bond motifs is 2. The van der Waals surface area contributed by atoms with Crippen LogP contribution in [-0.4, -0.2) is 53.1 Å². The molecule has 1 unspecified atom stereocenters. The Morgan fingerprint density at radius 3 is 2.95 bits per heavy atom. The zero-order chi connectivity index (χ0) is 13.6. The van der Waals surface area contributed by atoms with Crippen molar-refractivity contribution in [2.75, 3.05) is 13.1 Å². The molecule has 0 aliphatic carbocycles. The van der Waals surface area contributed by atoms with E-state index in [9.17, 15) is 13.2 Å². The van der Waals surface area contributed by atoms with Gasteiger partial charge in [0, 0.05) is 12.1 Å². The summed E-state index contributed by atoms with van der Waals surface area (Å²) in [6, 6.07) is -1.24. The first-order valence-corrected chi connectivity index (χ1v) is 6.65. The number of hydroxylamine groups is 2. The highest BCUT2D eigenvalue weighted by Gasteiger charge is 2.43. The number of carbonyl (C=O) groups excluding carboxylic acids is 1. The van der Waals surface area contributed by atoms with Gasteiger partial charge in [0.05, 0.1) is 18.8 Å². The van der Waals surface area contributed by atoms with Crippen LogP contribution < -0.4 is 0 Å². The summed E-state index contributed by atoms with van der Waals surface area (Å²) in [5, 5.41) is 0.624. The molecule has 19 heavy (non-hydrogen) atoms. The maximum absolute atomic E-state index is 11.9. The Bertz CT molecular complexity index is 637.